The zero-order valence-electron chi connectivity index (χ0n) is 11.9. The third-order valence-electron chi connectivity index (χ3n) is 3.51. The smallest absolute Gasteiger partial charge is 0.337 e. The first-order chi connectivity index (χ1) is 9.97. The number of nitrogens with two attached hydrogens (primary N) is 1. The average Bonchev–Trinajstić information content (AvgIpc) is 2.87. The number of ether oxygens (including phenoxy) is 1. The van der Waals surface area contributed by atoms with Gasteiger partial charge in [-0.2, -0.15) is 0 Å². The van der Waals surface area contributed by atoms with Gasteiger partial charge in [0, 0.05) is 20.0 Å². The second-order valence-electron chi connectivity index (χ2n) is 4.78. The number of anilines is 2. The Morgan fingerprint density at radius 1 is 1.43 bits per heavy atom. The lowest BCUT2D eigenvalue weighted by atomic mass is 10.1. The Hall–Kier alpha value is -2.57. The van der Waals surface area contributed by atoms with Gasteiger partial charge in [0.25, 0.3) is 0 Å². The molecule has 1 heterocycles. The summed E-state index contributed by atoms with van der Waals surface area (Å²) in [5.41, 5.74) is 6.82. The molecule has 1 saturated heterocycles. The Bertz CT molecular complexity index is 600. The molecule has 0 aliphatic carbocycles. The Kier molecular flexibility index (Phi) is 4.11. The Balaban J connectivity index is 2.39. The van der Waals surface area contributed by atoms with Gasteiger partial charge in [-0.15, -0.1) is 0 Å². The molecule has 7 heteroatoms. The van der Waals surface area contributed by atoms with Crippen molar-refractivity contribution in [3.8, 4) is 0 Å². The van der Waals surface area contributed by atoms with Crippen molar-refractivity contribution in [3.05, 3.63) is 23.8 Å². The third-order valence-corrected chi connectivity index (χ3v) is 3.51. The Labute approximate surface area is 122 Å². The van der Waals surface area contributed by atoms with Crippen molar-refractivity contribution in [2.75, 3.05) is 30.9 Å². The maximum atomic E-state index is 12.1. The van der Waals surface area contributed by atoms with Crippen LogP contribution in [0, 0.1) is 5.92 Å². The number of carbonyl (C=O) groups excluding carboxylic acids is 3. The van der Waals surface area contributed by atoms with Crippen molar-refractivity contribution in [3.63, 3.8) is 0 Å². The van der Waals surface area contributed by atoms with Gasteiger partial charge < -0.3 is 20.7 Å². The third kappa shape index (κ3) is 2.81. The molecule has 1 aromatic carbocycles. The molecular weight excluding hydrogens is 274 g/mol. The first-order valence-electron chi connectivity index (χ1n) is 6.47. The molecule has 21 heavy (non-hydrogen) atoms. The lowest BCUT2D eigenvalue weighted by Gasteiger charge is -2.20. The molecule has 2 amide bonds. The molecule has 1 aliphatic rings. The molecule has 0 radical (unpaired) electrons. The van der Waals surface area contributed by atoms with E-state index in [2.05, 4.69) is 10.1 Å². The molecule has 1 unspecified atom stereocenters. The predicted octanol–water partition coefficient (Wildman–Crippen LogP) is 0.353. The summed E-state index contributed by atoms with van der Waals surface area (Å²) in [4.78, 5) is 36.4. The topological polar surface area (TPSA) is 102 Å². The quantitative estimate of drug-likeness (QED) is 0.780. The number of amides is 2. The number of carbonyl (C=O) groups is 3. The molecule has 112 valence electrons. The summed E-state index contributed by atoms with van der Waals surface area (Å²) < 4.78 is 4.68. The van der Waals surface area contributed by atoms with Crippen molar-refractivity contribution in [1.82, 2.24) is 0 Å². The van der Waals surface area contributed by atoms with Crippen LogP contribution >= 0.6 is 0 Å². The van der Waals surface area contributed by atoms with Crippen LogP contribution < -0.4 is 16.0 Å². The molecule has 2 rings (SSSR count). The van der Waals surface area contributed by atoms with Crippen LogP contribution in [0.2, 0.25) is 0 Å². The van der Waals surface area contributed by atoms with Gasteiger partial charge in [-0.05, 0) is 18.2 Å². The van der Waals surface area contributed by atoms with Crippen LogP contribution in [0.3, 0.4) is 0 Å². The largest absolute Gasteiger partial charge is 0.465 e. The zero-order chi connectivity index (χ0) is 15.6. The average molecular weight is 291 g/mol. The highest BCUT2D eigenvalue weighted by Gasteiger charge is 2.35. The van der Waals surface area contributed by atoms with Crippen LogP contribution in [-0.2, 0) is 14.3 Å². The number of nitrogens with zero attached hydrogens (tertiary/aromatic N) is 1. The summed E-state index contributed by atoms with van der Waals surface area (Å²) in [5, 5.41) is 2.96. The van der Waals surface area contributed by atoms with Crippen LogP contribution in [0.5, 0.6) is 0 Å². The molecule has 0 bridgehead atoms. The van der Waals surface area contributed by atoms with Gasteiger partial charge in [-0.3, -0.25) is 9.59 Å². The highest BCUT2D eigenvalue weighted by molar-refractivity contribution is 6.03. The van der Waals surface area contributed by atoms with Crippen LogP contribution in [0.1, 0.15) is 16.8 Å². The van der Waals surface area contributed by atoms with Crippen molar-refractivity contribution < 1.29 is 19.1 Å². The Morgan fingerprint density at radius 2 is 2.14 bits per heavy atom. The van der Waals surface area contributed by atoms with Crippen LogP contribution in [0.25, 0.3) is 0 Å². The minimum absolute atomic E-state index is 0.0843. The minimum Gasteiger partial charge on any atom is -0.465 e. The highest BCUT2D eigenvalue weighted by Crippen LogP contribution is 2.32. The number of benzene rings is 1. The van der Waals surface area contributed by atoms with E-state index in [1.54, 1.807) is 25.2 Å². The van der Waals surface area contributed by atoms with E-state index < -0.39 is 17.8 Å². The monoisotopic (exact) mass is 291 g/mol. The zero-order valence-corrected chi connectivity index (χ0v) is 11.9. The van der Waals surface area contributed by atoms with Gasteiger partial charge >= 0.3 is 5.97 Å². The van der Waals surface area contributed by atoms with E-state index in [-0.39, 0.29) is 18.9 Å². The number of nitrogens with one attached hydrogen (secondary N) is 1. The molecular formula is C14H17N3O4. The van der Waals surface area contributed by atoms with Crippen molar-refractivity contribution >= 4 is 29.2 Å². The number of rotatable bonds is 4. The number of primary amides is 1. The van der Waals surface area contributed by atoms with E-state index in [4.69, 9.17) is 5.73 Å². The standard InChI is InChI=1S/C14H17N3O4/c1-16-10-4-3-8(14(20)21-2)5-11(10)17-7-9(13(15)19)6-12(17)18/h3-5,9,16H,6-7H2,1-2H3,(H2,15,19). The number of methoxy groups -OCH3 is 1. The van der Waals surface area contributed by atoms with E-state index >= 15 is 0 Å². The van der Waals surface area contributed by atoms with Crippen molar-refractivity contribution in [2.24, 2.45) is 11.7 Å². The Morgan fingerprint density at radius 3 is 2.67 bits per heavy atom. The van der Waals surface area contributed by atoms with E-state index in [1.807, 2.05) is 0 Å². The summed E-state index contributed by atoms with van der Waals surface area (Å²) >= 11 is 0. The first kappa shape index (κ1) is 14.8. The summed E-state index contributed by atoms with van der Waals surface area (Å²) in [6.07, 6.45) is 0.0843. The fourth-order valence-electron chi connectivity index (χ4n) is 2.34. The second-order valence-corrected chi connectivity index (χ2v) is 4.78. The van der Waals surface area contributed by atoms with E-state index in [0.29, 0.717) is 16.9 Å². The maximum Gasteiger partial charge on any atom is 0.337 e. The highest BCUT2D eigenvalue weighted by atomic mass is 16.5. The molecule has 1 fully saturated rings. The molecule has 0 saturated carbocycles. The lowest BCUT2D eigenvalue weighted by molar-refractivity contribution is -0.123. The van der Waals surface area contributed by atoms with Crippen molar-refractivity contribution in [1.29, 1.82) is 0 Å². The normalized spacial score (nSPS) is 17.7. The molecule has 7 nitrogen and oxygen atoms in total. The minimum atomic E-state index is -0.510. The molecule has 0 spiro atoms. The van der Waals surface area contributed by atoms with Gasteiger partial charge in [-0.1, -0.05) is 0 Å². The molecule has 1 atom stereocenters. The number of esters is 1. The van der Waals surface area contributed by atoms with Gasteiger partial charge in [-0.25, -0.2) is 4.79 Å². The summed E-state index contributed by atoms with van der Waals surface area (Å²) in [5.74, 6) is -1.70. The van der Waals surface area contributed by atoms with Crippen LogP contribution in [-0.4, -0.2) is 38.5 Å². The van der Waals surface area contributed by atoms with Gasteiger partial charge in [0.2, 0.25) is 11.8 Å². The van der Waals surface area contributed by atoms with E-state index in [1.165, 1.54) is 12.0 Å². The van der Waals surface area contributed by atoms with E-state index in [0.717, 1.165) is 0 Å². The molecule has 0 aromatic heterocycles. The molecule has 1 aromatic rings. The summed E-state index contributed by atoms with van der Waals surface area (Å²) in [7, 11) is 3.00. The fourth-order valence-corrected chi connectivity index (χ4v) is 2.34. The fraction of sp³-hybridized carbons (Fsp3) is 0.357. The lowest BCUT2D eigenvalue weighted by Crippen LogP contribution is -2.29. The SMILES string of the molecule is CNc1ccc(C(=O)OC)cc1N1CC(C(N)=O)CC1=O. The van der Waals surface area contributed by atoms with Crippen LogP contribution in [0.15, 0.2) is 18.2 Å². The van der Waals surface area contributed by atoms with Crippen molar-refractivity contribution in [2.45, 2.75) is 6.42 Å². The number of hydrogen-bond donors (Lipinski definition) is 2. The van der Waals surface area contributed by atoms with E-state index in [9.17, 15) is 14.4 Å². The maximum absolute atomic E-state index is 12.1. The second kappa shape index (κ2) is 5.82. The molecule has 1 aliphatic heterocycles. The van der Waals surface area contributed by atoms with Crippen LogP contribution in [0.4, 0.5) is 11.4 Å². The van der Waals surface area contributed by atoms with Gasteiger partial charge in [0.15, 0.2) is 0 Å². The number of hydrogen-bond acceptors (Lipinski definition) is 5. The van der Waals surface area contributed by atoms with Gasteiger partial charge in [0.05, 0.1) is 30.0 Å². The van der Waals surface area contributed by atoms with Gasteiger partial charge in [0.1, 0.15) is 0 Å². The predicted molar refractivity (Wildman–Crippen MR) is 77.0 cm³/mol. The summed E-state index contributed by atoms with van der Waals surface area (Å²) in [6.45, 7) is 0.216. The molecule has 3 N–H and O–H groups in total. The first-order valence-corrected chi connectivity index (χ1v) is 6.47. The summed E-state index contributed by atoms with van der Waals surface area (Å²) in [6, 6.07) is 4.86.